The Morgan fingerprint density at radius 3 is 2.83 bits per heavy atom. The van der Waals surface area contributed by atoms with E-state index in [4.69, 9.17) is 27.9 Å². The van der Waals surface area contributed by atoms with Crippen LogP contribution >= 0.6 is 34.5 Å². The number of benzene rings is 1. The molecule has 1 aliphatic heterocycles. The number of esters is 1. The van der Waals surface area contributed by atoms with Crippen LogP contribution in [0.2, 0.25) is 10.0 Å². The predicted molar refractivity (Wildman–Crippen MR) is 90.3 cm³/mol. The van der Waals surface area contributed by atoms with E-state index in [1.807, 2.05) is 11.4 Å². The molecule has 120 valence electrons. The van der Waals surface area contributed by atoms with E-state index in [0.29, 0.717) is 23.0 Å². The van der Waals surface area contributed by atoms with E-state index in [-0.39, 0.29) is 11.5 Å². The highest BCUT2D eigenvalue weighted by Crippen LogP contribution is 2.36. The van der Waals surface area contributed by atoms with Crippen LogP contribution in [-0.4, -0.2) is 30.4 Å². The van der Waals surface area contributed by atoms with Gasteiger partial charge in [0.2, 0.25) is 0 Å². The fourth-order valence-corrected chi connectivity index (χ4v) is 3.99. The van der Waals surface area contributed by atoms with Gasteiger partial charge in [0.1, 0.15) is 0 Å². The van der Waals surface area contributed by atoms with Crippen LogP contribution in [0.4, 0.5) is 0 Å². The van der Waals surface area contributed by atoms with Gasteiger partial charge in [-0.1, -0.05) is 23.2 Å². The summed E-state index contributed by atoms with van der Waals surface area (Å²) >= 11 is 13.7. The Hall–Kier alpha value is -1.56. The van der Waals surface area contributed by atoms with E-state index in [2.05, 4.69) is 0 Å². The molecule has 0 saturated carbocycles. The van der Waals surface area contributed by atoms with Gasteiger partial charge in [0, 0.05) is 16.4 Å². The van der Waals surface area contributed by atoms with Crippen molar-refractivity contribution in [3.63, 3.8) is 0 Å². The number of nitrogens with zero attached hydrogens (tertiary/aromatic N) is 1. The van der Waals surface area contributed by atoms with Gasteiger partial charge in [0.25, 0.3) is 5.91 Å². The van der Waals surface area contributed by atoms with Crippen molar-refractivity contribution in [2.24, 2.45) is 0 Å². The molecule has 0 radical (unpaired) electrons. The number of amides is 1. The van der Waals surface area contributed by atoms with Crippen molar-refractivity contribution in [2.45, 2.75) is 12.5 Å². The topological polar surface area (TPSA) is 46.6 Å². The third-order valence-electron chi connectivity index (χ3n) is 3.81. The summed E-state index contributed by atoms with van der Waals surface area (Å²) in [5.74, 6) is -0.791. The average molecular weight is 370 g/mol. The minimum atomic E-state index is -0.752. The lowest BCUT2D eigenvalue weighted by molar-refractivity contribution is -0.146. The molecule has 23 heavy (non-hydrogen) atoms. The Labute approximate surface area is 147 Å². The second-order valence-corrected chi connectivity index (χ2v) is 6.94. The highest BCUT2D eigenvalue weighted by Gasteiger charge is 2.38. The molecule has 1 unspecified atom stereocenters. The van der Waals surface area contributed by atoms with Crippen LogP contribution < -0.4 is 0 Å². The molecule has 2 heterocycles. The maximum absolute atomic E-state index is 12.9. The standard InChI is InChI=1S/C16H13Cl2NO3S/c1-22-16(21)14-10-5-7-23-13(10)4-6-19(14)15(20)11-8-9(17)2-3-12(11)18/h2-3,5,7-8,14H,4,6H2,1H3. The molecule has 0 N–H and O–H groups in total. The fraction of sp³-hybridized carbons (Fsp3) is 0.250. The van der Waals surface area contributed by atoms with Gasteiger partial charge in [-0.2, -0.15) is 0 Å². The van der Waals surface area contributed by atoms with Crippen molar-refractivity contribution in [2.75, 3.05) is 13.7 Å². The number of hydrogen-bond acceptors (Lipinski definition) is 4. The zero-order valence-electron chi connectivity index (χ0n) is 12.2. The highest BCUT2D eigenvalue weighted by molar-refractivity contribution is 7.10. The molecule has 1 atom stereocenters. The molecule has 4 nitrogen and oxygen atoms in total. The molecule has 1 aliphatic rings. The summed E-state index contributed by atoms with van der Waals surface area (Å²) in [4.78, 5) is 27.8. The Morgan fingerprint density at radius 2 is 2.09 bits per heavy atom. The van der Waals surface area contributed by atoms with Crippen molar-refractivity contribution in [1.29, 1.82) is 0 Å². The first-order valence-electron chi connectivity index (χ1n) is 6.93. The van der Waals surface area contributed by atoms with E-state index in [0.717, 1.165) is 10.4 Å². The third-order valence-corrected chi connectivity index (χ3v) is 5.37. The average Bonchev–Trinajstić information content (AvgIpc) is 3.03. The van der Waals surface area contributed by atoms with Gasteiger partial charge >= 0.3 is 5.97 Å². The van der Waals surface area contributed by atoms with E-state index in [1.165, 1.54) is 18.1 Å². The van der Waals surface area contributed by atoms with Crippen LogP contribution in [0.1, 0.15) is 26.8 Å². The third kappa shape index (κ3) is 2.96. The van der Waals surface area contributed by atoms with Gasteiger partial charge in [-0.05, 0) is 41.6 Å². The molecule has 0 spiro atoms. The molecule has 0 bridgehead atoms. The fourth-order valence-electron chi connectivity index (χ4n) is 2.72. The molecule has 1 aromatic carbocycles. The van der Waals surface area contributed by atoms with E-state index < -0.39 is 12.0 Å². The van der Waals surface area contributed by atoms with Crippen molar-refractivity contribution in [3.8, 4) is 0 Å². The summed E-state index contributed by atoms with van der Waals surface area (Å²) in [6.07, 6.45) is 0.699. The zero-order chi connectivity index (χ0) is 16.6. The van der Waals surface area contributed by atoms with Gasteiger partial charge in [-0.25, -0.2) is 4.79 Å². The Morgan fingerprint density at radius 1 is 1.30 bits per heavy atom. The summed E-state index contributed by atoms with van der Waals surface area (Å²) in [5, 5.41) is 2.64. The maximum atomic E-state index is 12.9. The Kier molecular flexibility index (Phi) is 4.62. The lowest BCUT2D eigenvalue weighted by Gasteiger charge is -2.34. The van der Waals surface area contributed by atoms with E-state index >= 15 is 0 Å². The van der Waals surface area contributed by atoms with Crippen LogP contribution in [-0.2, 0) is 16.0 Å². The first-order chi connectivity index (χ1) is 11.0. The number of methoxy groups -OCH3 is 1. The first-order valence-corrected chi connectivity index (χ1v) is 8.56. The van der Waals surface area contributed by atoms with Crippen molar-refractivity contribution in [1.82, 2.24) is 4.90 Å². The molecular formula is C16H13Cl2NO3S. The monoisotopic (exact) mass is 369 g/mol. The number of halogens is 2. The second-order valence-electron chi connectivity index (χ2n) is 5.10. The highest BCUT2D eigenvalue weighted by atomic mass is 35.5. The maximum Gasteiger partial charge on any atom is 0.333 e. The van der Waals surface area contributed by atoms with Gasteiger partial charge in [0.05, 0.1) is 17.7 Å². The number of hydrogen-bond donors (Lipinski definition) is 0. The number of carbonyl (C=O) groups excluding carboxylic acids is 2. The van der Waals surface area contributed by atoms with E-state index in [9.17, 15) is 9.59 Å². The number of thiophene rings is 1. The van der Waals surface area contributed by atoms with Crippen LogP contribution in [0, 0.1) is 0 Å². The van der Waals surface area contributed by atoms with Gasteiger partial charge in [-0.3, -0.25) is 4.79 Å². The Bertz CT molecular complexity index is 774. The van der Waals surface area contributed by atoms with Crippen LogP contribution in [0.3, 0.4) is 0 Å². The predicted octanol–water partition coefficient (Wildman–Crippen LogP) is 3.97. The largest absolute Gasteiger partial charge is 0.467 e. The smallest absolute Gasteiger partial charge is 0.333 e. The van der Waals surface area contributed by atoms with Crippen molar-refractivity contribution >= 4 is 46.4 Å². The van der Waals surface area contributed by atoms with Gasteiger partial charge in [0.15, 0.2) is 6.04 Å². The SMILES string of the molecule is COC(=O)C1c2ccsc2CCN1C(=O)c1cc(Cl)ccc1Cl. The zero-order valence-corrected chi connectivity index (χ0v) is 14.5. The summed E-state index contributed by atoms with van der Waals surface area (Å²) in [6, 6.07) is 5.82. The molecule has 0 aliphatic carbocycles. The molecule has 1 aromatic heterocycles. The summed E-state index contributed by atoms with van der Waals surface area (Å²) < 4.78 is 4.90. The summed E-state index contributed by atoms with van der Waals surface area (Å²) in [5.41, 5.74) is 1.10. The minimum absolute atomic E-state index is 0.284. The number of fused-ring (bicyclic) bond motifs is 1. The van der Waals surface area contributed by atoms with Crippen molar-refractivity contribution in [3.05, 3.63) is 55.7 Å². The van der Waals surface area contributed by atoms with Crippen LogP contribution in [0.15, 0.2) is 29.6 Å². The lowest BCUT2D eigenvalue weighted by Crippen LogP contribution is -2.43. The molecule has 0 fully saturated rings. The molecular weight excluding hydrogens is 357 g/mol. The van der Waals surface area contributed by atoms with Crippen LogP contribution in [0.25, 0.3) is 0 Å². The minimum Gasteiger partial charge on any atom is -0.467 e. The number of ether oxygens (including phenoxy) is 1. The summed E-state index contributed by atoms with van der Waals surface area (Å²) in [6.45, 7) is 0.426. The number of rotatable bonds is 2. The molecule has 3 rings (SSSR count). The van der Waals surface area contributed by atoms with E-state index in [1.54, 1.807) is 23.5 Å². The lowest BCUT2D eigenvalue weighted by atomic mass is 9.98. The first kappa shape index (κ1) is 16.3. The second kappa shape index (κ2) is 6.51. The normalized spacial score (nSPS) is 16.8. The molecule has 2 aromatic rings. The number of carbonyl (C=O) groups is 2. The van der Waals surface area contributed by atoms with Gasteiger partial charge < -0.3 is 9.64 Å². The molecule has 0 saturated heterocycles. The summed E-state index contributed by atoms with van der Waals surface area (Å²) in [7, 11) is 1.32. The van der Waals surface area contributed by atoms with Gasteiger partial charge in [-0.15, -0.1) is 11.3 Å². The van der Waals surface area contributed by atoms with Crippen LogP contribution in [0.5, 0.6) is 0 Å². The Balaban J connectivity index is 2.02. The van der Waals surface area contributed by atoms with Crippen molar-refractivity contribution < 1.29 is 14.3 Å². The molecule has 1 amide bonds. The molecule has 7 heteroatoms. The quantitative estimate of drug-likeness (QED) is 0.752.